The highest BCUT2D eigenvalue weighted by atomic mass is 16.5. The van der Waals surface area contributed by atoms with Gasteiger partial charge >= 0.3 is 0 Å². The van der Waals surface area contributed by atoms with Crippen LogP contribution < -0.4 is 19.7 Å². The van der Waals surface area contributed by atoms with Crippen molar-refractivity contribution < 1.29 is 14.3 Å². The average Bonchev–Trinajstić information content (AvgIpc) is 2.68. The number of nitrogens with one attached hydrogen (secondary N) is 1. The van der Waals surface area contributed by atoms with E-state index in [1.807, 2.05) is 12.1 Å². The van der Waals surface area contributed by atoms with Crippen molar-refractivity contribution >= 4 is 17.4 Å². The molecule has 1 aromatic heterocycles. The summed E-state index contributed by atoms with van der Waals surface area (Å²) in [6, 6.07) is 8.92. The second kappa shape index (κ2) is 8.08. The zero-order valence-corrected chi connectivity index (χ0v) is 15.5. The van der Waals surface area contributed by atoms with Gasteiger partial charge in [0.15, 0.2) is 0 Å². The van der Waals surface area contributed by atoms with Gasteiger partial charge in [0.25, 0.3) is 5.91 Å². The van der Waals surface area contributed by atoms with Crippen molar-refractivity contribution in [3.63, 3.8) is 0 Å². The lowest BCUT2D eigenvalue weighted by atomic mass is 9.99. The number of carbonyl (C=O) groups excluding carboxylic acids is 1. The van der Waals surface area contributed by atoms with Gasteiger partial charge < -0.3 is 19.7 Å². The summed E-state index contributed by atoms with van der Waals surface area (Å²) in [6.07, 6.45) is 4.08. The number of ether oxygens (including phenoxy) is 2. The Bertz CT molecular complexity index is 731. The summed E-state index contributed by atoms with van der Waals surface area (Å²) in [5, 5.41) is 2.87. The summed E-state index contributed by atoms with van der Waals surface area (Å²) in [6.45, 7) is 4.35. The third-order valence-corrected chi connectivity index (χ3v) is 4.73. The van der Waals surface area contributed by atoms with Crippen LogP contribution >= 0.6 is 0 Å². The molecule has 0 radical (unpaired) electrons. The largest absolute Gasteiger partial charge is 0.497 e. The highest BCUT2D eigenvalue weighted by Crippen LogP contribution is 2.24. The average molecular weight is 355 g/mol. The minimum absolute atomic E-state index is 0.233. The van der Waals surface area contributed by atoms with E-state index in [-0.39, 0.29) is 5.91 Å². The Hall–Kier alpha value is -2.76. The first-order valence-electron chi connectivity index (χ1n) is 8.84. The quantitative estimate of drug-likeness (QED) is 0.888. The first-order chi connectivity index (χ1) is 12.6. The Morgan fingerprint density at radius 3 is 2.31 bits per heavy atom. The zero-order chi connectivity index (χ0) is 18.5. The Labute approximate surface area is 154 Å². The molecule has 3 rings (SSSR count). The van der Waals surface area contributed by atoms with Crippen LogP contribution in [0.4, 0.5) is 11.5 Å². The lowest BCUT2D eigenvalue weighted by Gasteiger charge is -2.31. The minimum Gasteiger partial charge on any atom is -0.497 e. The normalized spacial score (nSPS) is 14.8. The Morgan fingerprint density at radius 1 is 1.12 bits per heavy atom. The van der Waals surface area contributed by atoms with E-state index in [2.05, 4.69) is 22.1 Å². The van der Waals surface area contributed by atoms with Crippen molar-refractivity contribution in [3.05, 3.63) is 42.1 Å². The number of pyridine rings is 1. The van der Waals surface area contributed by atoms with Crippen molar-refractivity contribution in [1.82, 2.24) is 4.98 Å². The van der Waals surface area contributed by atoms with Crippen LogP contribution in [0, 0.1) is 5.92 Å². The fourth-order valence-electron chi connectivity index (χ4n) is 3.03. The van der Waals surface area contributed by atoms with Crippen LogP contribution in [0.3, 0.4) is 0 Å². The molecule has 0 unspecified atom stereocenters. The second-order valence-electron chi connectivity index (χ2n) is 6.63. The van der Waals surface area contributed by atoms with Crippen molar-refractivity contribution in [1.29, 1.82) is 0 Å². The molecule has 0 saturated carbocycles. The number of benzene rings is 1. The molecule has 26 heavy (non-hydrogen) atoms. The van der Waals surface area contributed by atoms with E-state index < -0.39 is 0 Å². The van der Waals surface area contributed by atoms with Gasteiger partial charge in [-0.15, -0.1) is 0 Å². The third-order valence-electron chi connectivity index (χ3n) is 4.73. The summed E-state index contributed by atoms with van der Waals surface area (Å²) in [4.78, 5) is 19.3. The van der Waals surface area contributed by atoms with E-state index in [1.54, 1.807) is 38.6 Å². The van der Waals surface area contributed by atoms with Gasteiger partial charge in [-0.2, -0.15) is 0 Å². The van der Waals surface area contributed by atoms with Crippen LogP contribution in [0.15, 0.2) is 36.5 Å². The van der Waals surface area contributed by atoms with Gasteiger partial charge in [0.05, 0.1) is 26.1 Å². The Morgan fingerprint density at radius 2 is 1.77 bits per heavy atom. The van der Waals surface area contributed by atoms with E-state index >= 15 is 0 Å². The standard InChI is InChI=1S/C20H25N3O3/c1-14-6-8-23(9-7-14)19-5-4-16(13-21-19)22-20(24)15-10-17(25-2)12-18(11-15)26-3/h4-5,10-14H,6-9H2,1-3H3,(H,22,24). The number of methoxy groups -OCH3 is 2. The van der Waals surface area contributed by atoms with E-state index in [0.29, 0.717) is 22.7 Å². The molecule has 0 spiro atoms. The summed E-state index contributed by atoms with van der Waals surface area (Å²) >= 11 is 0. The number of piperidine rings is 1. The molecule has 2 heterocycles. The maximum atomic E-state index is 12.5. The van der Waals surface area contributed by atoms with Crippen LogP contribution in [0.25, 0.3) is 0 Å². The van der Waals surface area contributed by atoms with Gasteiger partial charge in [0.2, 0.25) is 0 Å². The van der Waals surface area contributed by atoms with Crippen molar-refractivity contribution in [2.45, 2.75) is 19.8 Å². The summed E-state index contributed by atoms with van der Waals surface area (Å²) in [5.41, 5.74) is 1.13. The molecule has 1 N–H and O–H groups in total. The fraction of sp³-hybridized carbons (Fsp3) is 0.400. The van der Waals surface area contributed by atoms with Crippen LogP contribution in [-0.4, -0.2) is 38.2 Å². The maximum Gasteiger partial charge on any atom is 0.255 e. The fourth-order valence-corrected chi connectivity index (χ4v) is 3.03. The number of aromatic nitrogens is 1. The molecule has 1 amide bonds. The Balaban J connectivity index is 1.68. The number of nitrogens with zero attached hydrogens (tertiary/aromatic N) is 2. The van der Waals surface area contributed by atoms with Gasteiger partial charge in [-0.05, 0) is 43.0 Å². The predicted molar refractivity (Wildman–Crippen MR) is 102 cm³/mol. The van der Waals surface area contributed by atoms with Crippen LogP contribution in [0.5, 0.6) is 11.5 Å². The zero-order valence-electron chi connectivity index (χ0n) is 15.5. The number of amides is 1. The molecule has 2 aromatic rings. The molecule has 0 aliphatic carbocycles. The summed E-state index contributed by atoms with van der Waals surface area (Å²) in [7, 11) is 3.11. The molecule has 1 saturated heterocycles. The molecule has 138 valence electrons. The van der Waals surface area contributed by atoms with Crippen LogP contribution in [0.2, 0.25) is 0 Å². The molecule has 1 aliphatic rings. The van der Waals surface area contributed by atoms with Gasteiger partial charge in [-0.3, -0.25) is 4.79 Å². The van der Waals surface area contributed by atoms with E-state index in [0.717, 1.165) is 24.8 Å². The van der Waals surface area contributed by atoms with E-state index in [4.69, 9.17) is 9.47 Å². The molecule has 1 aromatic carbocycles. The van der Waals surface area contributed by atoms with Crippen molar-refractivity contribution in [2.24, 2.45) is 5.92 Å². The van der Waals surface area contributed by atoms with Gasteiger partial charge in [-0.1, -0.05) is 6.92 Å². The number of hydrogen-bond donors (Lipinski definition) is 1. The number of carbonyl (C=O) groups is 1. The third kappa shape index (κ3) is 4.25. The van der Waals surface area contributed by atoms with Crippen molar-refractivity contribution in [2.75, 3.05) is 37.5 Å². The maximum absolute atomic E-state index is 12.5. The SMILES string of the molecule is COc1cc(OC)cc(C(=O)Nc2ccc(N3CCC(C)CC3)nc2)c1. The number of rotatable bonds is 5. The van der Waals surface area contributed by atoms with E-state index in [9.17, 15) is 4.79 Å². The van der Waals surface area contributed by atoms with Crippen LogP contribution in [0.1, 0.15) is 30.1 Å². The molecule has 6 heteroatoms. The smallest absolute Gasteiger partial charge is 0.255 e. The monoisotopic (exact) mass is 355 g/mol. The Kier molecular flexibility index (Phi) is 5.61. The van der Waals surface area contributed by atoms with E-state index in [1.165, 1.54) is 12.8 Å². The summed E-state index contributed by atoms with van der Waals surface area (Å²) < 4.78 is 10.4. The molecule has 6 nitrogen and oxygen atoms in total. The molecule has 0 atom stereocenters. The first kappa shape index (κ1) is 18.0. The minimum atomic E-state index is -0.233. The first-order valence-corrected chi connectivity index (χ1v) is 8.84. The molecule has 1 aliphatic heterocycles. The van der Waals surface area contributed by atoms with Crippen molar-refractivity contribution in [3.8, 4) is 11.5 Å². The lowest BCUT2D eigenvalue weighted by Crippen LogP contribution is -2.33. The predicted octanol–water partition coefficient (Wildman–Crippen LogP) is 3.59. The van der Waals surface area contributed by atoms with Gasteiger partial charge in [-0.25, -0.2) is 4.98 Å². The molecular weight excluding hydrogens is 330 g/mol. The number of hydrogen-bond acceptors (Lipinski definition) is 5. The van der Waals surface area contributed by atoms with Gasteiger partial charge in [0.1, 0.15) is 17.3 Å². The van der Waals surface area contributed by atoms with Gasteiger partial charge in [0, 0.05) is 24.7 Å². The molecular formula is C20H25N3O3. The lowest BCUT2D eigenvalue weighted by molar-refractivity contribution is 0.102. The highest BCUT2D eigenvalue weighted by Gasteiger charge is 2.17. The highest BCUT2D eigenvalue weighted by molar-refractivity contribution is 6.04. The topological polar surface area (TPSA) is 63.7 Å². The second-order valence-corrected chi connectivity index (χ2v) is 6.63. The van der Waals surface area contributed by atoms with Crippen LogP contribution in [-0.2, 0) is 0 Å². The molecule has 0 bridgehead atoms. The summed E-state index contributed by atoms with van der Waals surface area (Å²) in [5.74, 6) is 2.65. The molecule has 1 fully saturated rings. The number of anilines is 2.